The van der Waals surface area contributed by atoms with Crippen LogP contribution in [-0.4, -0.2) is 10.9 Å². The Labute approximate surface area is 69.4 Å². The number of hydrogen-bond donors (Lipinski definition) is 1. The number of pyridine rings is 1. The smallest absolute Gasteiger partial charge is 0.267 e. The van der Waals surface area contributed by atoms with Crippen LogP contribution in [-0.2, 0) is 6.42 Å². The highest BCUT2D eigenvalue weighted by Crippen LogP contribution is 2.07. The minimum Gasteiger partial charge on any atom is -0.364 e. The van der Waals surface area contributed by atoms with Gasteiger partial charge in [-0.2, -0.15) is 0 Å². The van der Waals surface area contributed by atoms with Crippen LogP contribution in [0.15, 0.2) is 12.3 Å². The SMILES string of the molecule is CCc1cnc(C(N)=O)cc1F. The second-order valence-electron chi connectivity index (χ2n) is 2.38. The number of primary amides is 1. The molecule has 0 radical (unpaired) electrons. The molecule has 0 aromatic carbocycles. The fourth-order valence-electron chi connectivity index (χ4n) is 0.854. The molecule has 0 unspecified atom stereocenters. The number of hydrogen-bond acceptors (Lipinski definition) is 2. The van der Waals surface area contributed by atoms with Crippen molar-refractivity contribution in [2.45, 2.75) is 13.3 Å². The van der Waals surface area contributed by atoms with Crippen molar-refractivity contribution in [2.75, 3.05) is 0 Å². The number of carbonyl (C=O) groups excluding carboxylic acids is 1. The van der Waals surface area contributed by atoms with Crippen molar-refractivity contribution in [3.8, 4) is 0 Å². The first kappa shape index (κ1) is 8.64. The van der Waals surface area contributed by atoms with E-state index in [1.165, 1.54) is 6.20 Å². The largest absolute Gasteiger partial charge is 0.364 e. The summed E-state index contributed by atoms with van der Waals surface area (Å²) in [5.74, 6) is -1.14. The second kappa shape index (κ2) is 3.30. The summed E-state index contributed by atoms with van der Waals surface area (Å²) in [7, 11) is 0. The number of nitrogens with zero attached hydrogens (tertiary/aromatic N) is 1. The third kappa shape index (κ3) is 1.58. The number of aryl methyl sites for hydroxylation is 1. The van der Waals surface area contributed by atoms with Gasteiger partial charge < -0.3 is 5.73 Å². The molecular formula is C8H9FN2O. The summed E-state index contributed by atoms with van der Waals surface area (Å²) in [5, 5.41) is 0. The molecule has 0 saturated carbocycles. The van der Waals surface area contributed by atoms with Crippen LogP contribution in [0.5, 0.6) is 0 Å². The Morgan fingerprint density at radius 3 is 2.83 bits per heavy atom. The van der Waals surface area contributed by atoms with Gasteiger partial charge in [0.1, 0.15) is 11.5 Å². The van der Waals surface area contributed by atoms with Crippen molar-refractivity contribution in [3.05, 3.63) is 29.3 Å². The first-order valence-electron chi connectivity index (χ1n) is 3.59. The molecule has 2 N–H and O–H groups in total. The highest BCUT2D eigenvalue weighted by Gasteiger charge is 2.06. The average molecular weight is 168 g/mol. The maximum Gasteiger partial charge on any atom is 0.267 e. The zero-order valence-corrected chi connectivity index (χ0v) is 6.67. The molecule has 4 heteroatoms. The van der Waals surface area contributed by atoms with Gasteiger partial charge in [-0.15, -0.1) is 0 Å². The predicted octanol–water partition coefficient (Wildman–Crippen LogP) is 0.882. The maximum absolute atomic E-state index is 13.0. The lowest BCUT2D eigenvalue weighted by Gasteiger charge is -1.99. The Kier molecular flexibility index (Phi) is 2.38. The first-order valence-corrected chi connectivity index (χ1v) is 3.59. The van der Waals surface area contributed by atoms with Crippen LogP contribution < -0.4 is 5.73 Å². The van der Waals surface area contributed by atoms with Gasteiger partial charge in [0.2, 0.25) is 0 Å². The Balaban J connectivity index is 3.10. The predicted molar refractivity (Wildman–Crippen MR) is 42.1 cm³/mol. The van der Waals surface area contributed by atoms with Gasteiger partial charge in [0.05, 0.1) is 0 Å². The Morgan fingerprint density at radius 1 is 1.75 bits per heavy atom. The highest BCUT2D eigenvalue weighted by molar-refractivity contribution is 5.90. The van der Waals surface area contributed by atoms with E-state index in [1.54, 1.807) is 0 Å². The fourth-order valence-corrected chi connectivity index (χ4v) is 0.854. The highest BCUT2D eigenvalue weighted by atomic mass is 19.1. The fraction of sp³-hybridized carbons (Fsp3) is 0.250. The summed E-state index contributed by atoms with van der Waals surface area (Å²) in [4.78, 5) is 14.2. The van der Waals surface area contributed by atoms with Gasteiger partial charge in [0, 0.05) is 17.8 Å². The summed E-state index contributed by atoms with van der Waals surface area (Å²) in [6.07, 6.45) is 1.88. The number of rotatable bonds is 2. The molecule has 1 heterocycles. The van der Waals surface area contributed by atoms with Gasteiger partial charge in [-0.3, -0.25) is 9.78 Å². The topological polar surface area (TPSA) is 56.0 Å². The third-order valence-corrected chi connectivity index (χ3v) is 1.56. The number of carbonyl (C=O) groups is 1. The van der Waals surface area contributed by atoms with E-state index >= 15 is 0 Å². The Bertz CT molecular complexity index is 312. The van der Waals surface area contributed by atoms with Gasteiger partial charge in [-0.05, 0) is 6.42 Å². The zero-order chi connectivity index (χ0) is 9.14. The molecule has 1 rings (SSSR count). The van der Waals surface area contributed by atoms with Crippen LogP contribution in [0.1, 0.15) is 23.0 Å². The van der Waals surface area contributed by atoms with Gasteiger partial charge in [0.15, 0.2) is 0 Å². The van der Waals surface area contributed by atoms with E-state index in [0.717, 1.165) is 6.07 Å². The minimum absolute atomic E-state index is 0.0373. The molecule has 1 amide bonds. The lowest BCUT2D eigenvalue weighted by molar-refractivity contribution is 0.0995. The van der Waals surface area contributed by atoms with Crippen LogP contribution in [0.25, 0.3) is 0 Å². The Hall–Kier alpha value is -1.45. The molecule has 64 valence electrons. The molecule has 12 heavy (non-hydrogen) atoms. The van der Waals surface area contributed by atoms with Gasteiger partial charge in [0.25, 0.3) is 5.91 Å². The summed E-state index contributed by atoms with van der Waals surface area (Å²) >= 11 is 0. The van der Waals surface area contributed by atoms with Crippen molar-refractivity contribution in [1.82, 2.24) is 4.98 Å². The van der Waals surface area contributed by atoms with E-state index in [9.17, 15) is 9.18 Å². The maximum atomic E-state index is 13.0. The zero-order valence-electron chi connectivity index (χ0n) is 6.67. The molecule has 1 aromatic heterocycles. The molecule has 0 atom stereocenters. The molecule has 0 aliphatic heterocycles. The summed E-state index contributed by atoms with van der Waals surface area (Å²) in [6.45, 7) is 1.81. The molecule has 0 aliphatic carbocycles. The summed E-state index contributed by atoms with van der Waals surface area (Å²) < 4.78 is 13.0. The first-order chi connectivity index (χ1) is 5.65. The molecule has 3 nitrogen and oxygen atoms in total. The van der Waals surface area contributed by atoms with Gasteiger partial charge >= 0.3 is 0 Å². The van der Waals surface area contributed by atoms with Crippen LogP contribution in [0, 0.1) is 5.82 Å². The van der Waals surface area contributed by atoms with Crippen LogP contribution in [0.4, 0.5) is 4.39 Å². The van der Waals surface area contributed by atoms with Crippen LogP contribution in [0.3, 0.4) is 0 Å². The second-order valence-corrected chi connectivity index (χ2v) is 2.38. The van der Waals surface area contributed by atoms with E-state index in [2.05, 4.69) is 4.98 Å². The molecule has 0 aliphatic rings. The summed E-state index contributed by atoms with van der Waals surface area (Å²) in [6, 6.07) is 1.06. The monoisotopic (exact) mass is 168 g/mol. The van der Waals surface area contributed by atoms with Crippen molar-refractivity contribution in [1.29, 1.82) is 0 Å². The van der Waals surface area contributed by atoms with Crippen molar-refractivity contribution in [2.24, 2.45) is 5.73 Å². The molecule has 0 saturated heterocycles. The number of amides is 1. The number of nitrogens with two attached hydrogens (primary N) is 1. The quantitative estimate of drug-likeness (QED) is 0.712. The molecule has 0 fully saturated rings. The van der Waals surface area contributed by atoms with Gasteiger partial charge in [-0.25, -0.2) is 4.39 Å². The van der Waals surface area contributed by atoms with E-state index in [-0.39, 0.29) is 5.69 Å². The van der Waals surface area contributed by atoms with E-state index < -0.39 is 11.7 Å². The average Bonchev–Trinajstić information content (AvgIpc) is 2.04. The van der Waals surface area contributed by atoms with Crippen LogP contribution >= 0.6 is 0 Å². The molecular weight excluding hydrogens is 159 g/mol. The van der Waals surface area contributed by atoms with Crippen LogP contribution in [0.2, 0.25) is 0 Å². The standard InChI is InChI=1S/C8H9FN2O/c1-2-5-4-11-7(8(10)12)3-6(5)9/h3-4H,2H2,1H3,(H2,10,12). The van der Waals surface area contributed by atoms with Crippen molar-refractivity contribution in [3.63, 3.8) is 0 Å². The number of aromatic nitrogens is 1. The molecule has 0 spiro atoms. The third-order valence-electron chi connectivity index (χ3n) is 1.56. The molecule has 1 aromatic rings. The van der Waals surface area contributed by atoms with Crippen molar-refractivity contribution < 1.29 is 9.18 Å². The summed E-state index contributed by atoms with van der Waals surface area (Å²) in [5.41, 5.74) is 5.35. The lowest BCUT2D eigenvalue weighted by Crippen LogP contribution is -2.13. The van der Waals surface area contributed by atoms with Crippen molar-refractivity contribution >= 4 is 5.91 Å². The van der Waals surface area contributed by atoms with E-state index in [0.29, 0.717) is 12.0 Å². The minimum atomic E-state index is -0.712. The normalized spacial score (nSPS) is 9.83. The lowest BCUT2D eigenvalue weighted by atomic mass is 10.2. The van der Waals surface area contributed by atoms with E-state index in [1.807, 2.05) is 6.92 Å². The number of halogens is 1. The van der Waals surface area contributed by atoms with Gasteiger partial charge in [-0.1, -0.05) is 6.92 Å². The van der Waals surface area contributed by atoms with E-state index in [4.69, 9.17) is 5.73 Å². The molecule has 0 bridgehead atoms. The Morgan fingerprint density at radius 2 is 2.42 bits per heavy atom.